The average Bonchev–Trinajstić information content (AvgIpc) is 2.72. The highest BCUT2D eigenvalue weighted by Crippen LogP contribution is 2.35. The standard InChI is InChI=1S/C22H25BrCl3N3O4S/c1-13(2)27-22(31)14(3)28(11-15-5-7-16(23)8-6-15)21(30)12-29(34(4,32)33)20-10-18(25)17(24)9-19(20)26/h5-10,13-14H,11-12H2,1-4H3,(H,27,31)/t14-/m1/s1. The van der Waals surface area contributed by atoms with Crippen LogP contribution in [0, 0.1) is 0 Å². The van der Waals surface area contributed by atoms with Crippen LogP contribution in [0.2, 0.25) is 15.1 Å². The van der Waals surface area contributed by atoms with Crippen molar-refractivity contribution < 1.29 is 18.0 Å². The lowest BCUT2D eigenvalue weighted by Gasteiger charge is -2.32. The van der Waals surface area contributed by atoms with E-state index in [1.165, 1.54) is 17.0 Å². The molecule has 0 saturated carbocycles. The van der Waals surface area contributed by atoms with Gasteiger partial charge < -0.3 is 10.2 Å². The first-order valence-corrected chi connectivity index (χ1v) is 13.9. The van der Waals surface area contributed by atoms with E-state index in [1.807, 2.05) is 38.1 Å². The fourth-order valence-corrected chi connectivity index (χ4v) is 4.88. The fourth-order valence-electron chi connectivity index (χ4n) is 3.07. The molecule has 0 radical (unpaired) electrons. The summed E-state index contributed by atoms with van der Waals surface area (Å²) in [6.45, 7) is 4.70. The van der Waals surface area contributed by atoms with E-state index in [-0.39, 0.29) is 39.2 Å². The van der Waals surface area contributed by atoms with Gasteiger partial charge in [0.05, 0.1) is 27.0 Å². The van der Waals surface area contributed by atoms with Crippen LogP contribution in [0.15, 0.2) is 40.9 Å². The lowest BCUT2D eigenvalue weighted by molar-refractivity contribution is -0.139. The molecule has 0 aromatic heterocycles. The van der Waals surface area contributed by atoms with Crippen LogP contribution in [-0.4, -0.2) is 50.0 Å². The number of carbonyl (C=O) groups is 2. The highest BCUT2D eigenvalue weighted by atomic mass is 79.9. The molecule has 1 atom stereocenters. The zero-order valence-corrected chi connectivity index (χ0v) is 23.7. The normalized spacial score (nSPS) is 12.4. The van der Waals surface area contributed by atoms with E-state index in [1.54, 1.807) is 6.92 Å². The number of carbonyl (C=O) groups excluding carboxylic acids is 2. The predicted octanol–water partition coefficient (Wildman–Crippen LogP) is 5.12. The van der Waals surface area contributed by atoms with Gasteiger partial charge in [-0.05, 0) is 50.6 Å². The summed E-state index contributed by atoms with van der Waals surface area (Å²) in [4.78, 5) is 27.5. The maximum Gasteiger partial charge on any atom is 0.244 e. The van der Waals surface area contributed by atoms with Crippen molar-refractivity contribution in [3.63, 3.8) is 0 Å². The smallest absolute Gasteiger partial charge is 0.244 e. The number of nitrogens with one attached hydrogen (secondary N) is 1. The molecule has 0 heterocycles. The summed E-state index contributed by atoms with van der Waals surface area (Å²) < 4.78 is 26.9. The molecule has 0 fully saturated rings. The predicted molar refractivity (Wildman–Crippen MR) is 141 cm³/mol. The summed E-state index contributed by atoms with van der Waals surface area (Å²) >= 11 is 21.7. The highest BCUT2D eigenvalue weighted by Gasteiger charge is 2.31. The largest absolute Gasteiger partial charge is 0.352 e. The first-order valence-electron chi connectivity index (χ1n) is 10.2. The summed E-state index contributed by atoms with van der Waals surface area (Å²) in [5, 5.41) is 3.02. The Balaban J connectivity index is 2.45. The fraction of sp³-hybridized carbons (Fsp3) is 0.364. The molecule has 34 heavy (non-hydrogen) atoms. The molecule has 1 N–H and O–H groups in total. The summed E-state index contributed by atoms with van der Waals surface area (Å²) in [6.07, 6.45) is 0.951. The van der Waals surface area contributed by atoms with E-state index in [2.05, 4.69) is 21.2 Å². The number of hydrogen-bond acceptors (Lipinski definition) is 4. The van der Waals surface area contributed by atoms with Gasteiger partial charge >= 0.3 is 0 Å². The van der Waals surface area contributed by atoms with Crippen LogP contribution in [0.1, 0.15) is 26.3 Å². The molecular formula is C22H25BrCl3N3O4S. The summed E-state index contributed by atoms with van der Waals surface area (Å²) in [7, 11) is -3.95. The van der Waals surface area contributed by atoms with E-state index in [0.29, 0.717) is 0 Å². The maximum absolute atomic E-state index is 13.5. The van der Waals surface area contributed by atoms with Gasteiger partial charge in [0.1, 0.15) is 12.6 Å². The van der Waals surface area contributed by atoms with Crippen molar-refractivity contribution in [3.8, 4) is 0 Å². The van der Waals surface area contributed by atoms with Crippen molar-refractivity contribution >= 4 is 78.3 Å². The Bertz CT molecular complexity index is 1160. The van der Waals surface area contributed by atoms with E-state index in [0.717, 1.165) is 20.6 Å². The molecule has 2 aromatic carbocycles. The molecule has 2 amide bonds. The van der Waals surface area contributed by atoms with Crippen molar-refractivity contribution in [2.45, 2.75) is 39.4 Å². The third-order valence-electron chi connectivity index (χ3n) is 4.80. The van der Waals surface area contributed by atoms with Crippen molar-refractivity contribution in [1.29, 1.82) is 0 Å². The Morgan fingerprint density at radius 1 is 1.00 bits per heavy atom. The SMILES string of the molecule is CC(C)NC(=O)[C@@H](C)N(Cc1ccc(Br)cc1)C(=O)CN(c1cc(Cl)c(Cl)cc1Cl)S(C)(=O)=O. The zero-order chi connectivity index (χ0) is 25.8. The summed E-state index contributed by atoms with van der Waals surface area (Å²) in [5.41, 5.74) is 0.772. The molecule has 0 bridgehead atoms. The van der Waals surface area contributed by atoms with Crippen molar-refractivity contribution in [2.75, 3.05) is 17.1 Å². The molecule has 0 unspecified atom stereocenters. The molecule has 2 rings (SSSR count). The Morgan fingerprint density at radius 3 is 2.09 bits per heavy atom. The quantitative estimate of drug-likeness (QED) is 0.398. The molecule has 186 valence electrons. The van der Waals surface area contributed by atoms with Crippen molar-refractivity contribution in [3.05, 3.63) is 61.5 Å². The Hall–Kier alpha value is -1.52. The van der Waals surface area contributed by atoms with Gasteiger partial charge in [0.25, 0.3) is 0 Å². The van der Waals surface area contributed by atoms with Crippen LogP contribution in [0.5, 0.6) is 0 Å². The Labute approximate surface area is 223 Å². The average molecular weight is 614 g/mol. The van der Waals surface area contributed by atoms with Crippen LogP contribution in [0.25, 0.3) is 0 Å². The Kier molecular flexibility index (Phi) is 10.1. The molecule has 0 aliphatic carbocycles. The lowest BCUT2D eigenvalue weighted by atomic mass is 10.1. The molecule has 0 saturated heterocycles. The van der Waals surface area contributed by atoms with E-state index >= 15 is 0 Å². The Morgan fingerprint density at radius 2 is 1.56 bits per heavy atom. The number of nitrogens with zero attached hydrogens (tertiary/aromatic N) is 2. The van der Waals surface area contributed by atoms with Crippen LogP contribution >= 0.6 is 50.7 Å². The molecule has 7 nitrogen and oxygen atoms in total. The minimum Gasteiger partial charge on any atom is -0.352 e. The summed E-state index contributed by atoms with van der Waals surface area (Å²) in [6, 6.07) is 8.83. The van der Waals surface area contributed by atoms with E-state index in [9.17, 15) is 18.0 Å². The van der Waals surface area contributed by atoms with Crippen LogP contribution in [-0.2, 0) is 26.2 Å². The van der Waals surface area contributed by atoms with Crippen LogP contribution in [0.3, 0.4) is 0 Å². The first-order chi connectivity index (χ1) is 15.7. The lowest BCUT2D eigenvalue weighted by Crippen LogP contribution is -2.52. The topological polar surface area (TPSA) is 86.8 Å². The van der Waals surface area contributed by atoms with Crippen LogP contribution in [0.4, 0.5) is 5.69 Å². The second kappa shape index (κ2) is 11.9. The van der Waals surface area contributed by atoms with Crippen LogP contribution < -0.4 is 9.62 Å². The zero-order valence-electron chi connectivity index (χ0n) is 19.0. The van der Waals surface area contributed by atoms with Gasteiger partial charge in [-0.1, -0.05) is 62.9 Å². The number of rotatable bonds is 9. The van der Waals surface area contributed by atoms with Crippen molar-refractivity contribution in [2.24, 2.45) is 0 Å². The molecule has 2 aromatic rings. The van der Waals surface area contributed by atoms with Gasteiger partial charge in [0, 0.05) is 17.1 Å². The van der Waals surface area contributed by atoms with Gasteiger partial charge in [-0.2, -0.15) is 0 Å². The number of benzene rings is 2. The van der Waals surface area contributed by atoms with Gasteiger partial charge in [0.2, 0.25) is 21.8 Å². The highest BCUT2D eigenvalue weighted by molar-refractivity contribution is 9.10. The number of sulfonamides is 1. The second-order valence-corrected chi connectivity index (χ2v) is 12.0. The van der Waals surface area contributed by atoms with E-state index in [4.69, 9.17) is 34.8 Å². The second-order valence-electron chi connectivity index (χ2n) is 7.97. The molecule has 12 heteroatoms. The van der Waals surface area contributed by atoms with Gasteiger partial charge in [0.15, 0.2) is 0 Å². The van der Waals surface area contributed by atoms with E-state index < -0.39 is 28.5 Å². The first kappa shape index (κ1) is 28.7. The third-order valence-corrected chi connectivity index (χ3v) is 7.48. The minimum absolute atomic E-state index is 0.00907. The van der Waals surface area contributed by atoms with Gasteiger partial charge in [-0.25, -0.2) is 8.42 Å². The molecule has 0 spiro atoms. The molecular weight excluding hydrogens is 589 g/mol. The van der Waals surface area contributed by atoms with Gasteiger partial charge in [-0.3, -0.25) is 13.9 Å². The molecule has 0 aliphatic rings. The van der Waals surface area contributed by atoms with Gasteiger partial charge in [-0.15, -0.1) is 0 Å². The third kappa shape index (κ3) is 7.75. The summed E-state index contributed by atoms with van der Waals surface area (Å²) in [5.74, 6) is -0.958. The maximum atomic E-state index is 13.5. The number of anilines is 1. The number of amides is 2. The van der Waals surface area contributed by atoms with Crippen molar-refractivity contribution in [1.82, 2.24) is 10.2 Å². The number of hydrogen-bond donors (Lipinski definition) is 1. The number of halogens is 4. The minimum atomic E-state index is -3.95. The monoisotopic (exact) mass is 611 g/mol. The molecule has 0 aliphatic heterocycles.